The molecule has 0 radical (unpaired) electrons. The second-order valence-corrected chi connectivity index (χ2v) is 24.5. The standard InChI is InChI=1S/C77H138O6/c1-4-7-10-13-16-19-22-25-28-31-33-34-35-36-37-38-39-40-41-42-44-46-49-52-55-58-61-64-67-70-76(79)82-73-74(72-81-75(78)69-66-63-60-57-54-51-48-45-30-27-24-21-18-15-12-9-6-3)83-77(80)71-68-65-62-59-56-53-50-47-43-32-29-26-23-20-17-14-11-8-5-2/h7,10,16,19,25-26,28-29,33-34,36-37,74H,4-6,8-9,11-15,17-18,20-24,27,30-32,35,38-73H2,1-3H3/b10-7-,19-16-,28-25-,29-26-,34-33-,37-36-. The highest BCUT2D eigenvalue weighted by atomic mass is 16.6. The lowest BCUT2D eigenvalue weighted by atomic mass is 10.0. The Morgan fingerprint density at radius 1 is 0.253 bits per heavy atom. The number of carbonyl (C=O) groups is 3. The van der Waals surface area contributed by atoms with E-state index in [0.29, 0.717) is 19.3 Å². The molecule has 0 aliphatic carbocycles. The zero-order valence-electron chi connectivity index (χ0n) is 55.5. The van der Waals surface area contributed by atoms with Crippen LogP contribution in [-0.2, 0) is 28.6 Å². The number of ether oxygens (including phenoxy) is 3. The molecule has 482 valence electrons. The van der Waals surface area contributed by atoms with Crippen LogP contribution in [0.25, 0.3) is 0 Å². The molecular weight excluding hydrogens is 1020 g/mol. The molecule has 6 nitrogen and oxygen atoms in total. The smallest absolute Gasteiger partial charge is 0.306 e. The fraction of sp³-hybridized carbons (Fsp3) is 0.805. The number of hydrogen-bond acceptors (Lipinski definition) is 6. The van der Waals surface area contributed by atoms with E-state index in [0.717, 1.165) is 89.9 Å². The fourth-order valence-corrected chi connectivity index (χ4v) is 10.8. The Bertz CT molecular complexity index is 1520. The second-order valence-electron chi connectivity index (χ2n) is 24.5. The minimum absolute atomic E-state index is 0.0707. The first-order valence-corrected chi connectivity index (χ1v) is 36.4. The lowest BCUT2D eigenvalue weighted by Crippen LogP contribution is -2.30. The van der Waals surface area contributed by atoms with E-state index in [9.17, 15) is 14.4 Å². The molecule has 0 spiro atoms. The Balaban J connectivity index is 4.28. The SMILES string of the molecule is CC/C=C\C/C=C\C/C=C\C/C=C\C/C=C\CCCCCCCCCCCCCCCC(=O)OCC(COC(=O)CCCCCCCCCCCCCCCCCCC)OC(=O)CCCCCCCCCCC/C=C\CCCCCCCC. The molecule has 0 saturated heterocycles. The molecule has 0 aromatic rings. The zero-order valence-corrected chi connectivity index (χ0v) is 55.5. The first-order valence-electron chi connectivity index (χ1n) is 36.4. The van der Waals surface area contributed by atoms with Crippen LogP contribution in [0.15, 0.2) is 72.9 Å². The van der Waals surface area contributed by atoms with Crippen LogP contribution in [-0.4, -0.2) is 37.2 Å². The minimum atomic E-state index is -0.776. The van der Waals surface area contributed by atoms with Crippen molar-refractivity contribution in [1.29, 1.82) is 0 Å². The van der Waals surface area contributed by atoms with E-state index in [1.165, 1.54) is 250 Å². The highest BCUT2D eigenvalue weighted by Crippen LogP contribution is 2.18. The summed E-state index contributed by atoms with van der Waals surface area (Å²) in [6.07, 6.45) is 93.6. The van der Waals surface area contributed by atoms with E-state index in [2.05, 4.69) is 93.7 Å². The summed E-state index contributed by atoms with van der Waals surface area (Å²) < 4.78 is 17.0. The van der Waals surface area contributed by atoms with E-state index in [-0.39, 0.29) is 31.1 Å². The molecule has 1 unspecified atom stereocenters. The van der Waals surface area contributed by atoms with Gasteiger partial charge in [0.25, 0.3) is 0 Å². The minimum Gasteiger partial charge on any atom is -0.462 e. The van der Waals surface area contributed by atoms with Gasteiger partial charge in [-0.3, -0.25) is 14.4 Å². The molecule has 0 saturated carbocycles. The summed E-state index contributed by atoms with van der Waals surface area (Å²) in [6, 6.07) is 0. The van der Waals surface area contributed by atoms with Gasteiger partial charge in [0.2, 0.25) is 0 Å². The maximum atomic E-state index is 13.0. The average molecular weight is 1160 g/mol. The highest BCUT2D eigenvalue weighted by Gasteiger charge is 2.19. The van der Waals surface area contributed by atoms with Gasteiger partial charge >= 0.3 is 17.9 Å². The van der Waals surface area contributed by atoms with Crippen LogP contribution in [0, 0.1) is 0 Å². The third-order valence-corrected chi connectivity index (χ3v) is 16.2. The van der Waals surface area contributed by atoms with Crippen molar-refractivity contribution in [1.82, 2.24) is 0 Å². The molecule has 0 aliphatic heterocycles. The van der Waals surface area contributed by atoms with Crippen molar-refractivity contribution in [2.75, 3.05) is 13.2 Å². The topological polar surface area (TPSA) is 78.9 Å². The highest BCUT2D eigenvalue weighted by molar-refractivity contribution is 5.71. The number of carbonyl (C=O) groups excluding carboxylic acids is 3. The molecule has 0 rings (SSSR count). The number of hydrogen-bond donors (Lipinski definition) is 0. The van der Waals surface area contributed by atoms with Gasteiger partial charge in [0.15, 0.2) is 6.10 Å². The Labute approximate surface area is 516 Å². The van der Waals surface area contributed by atoms with Crippen molar-refractivity contribution in [3.8, 4) is 0 Å². The molecule has 83 heavy (non-hydrogen) atoms. The van der Waals surface area contributed by atoms with Crippen molar-refractivity contribution in [2.24, 2.45) is 0 Å². The molecule has 0 fully saturated rings. The average Bonchev–Trinajstić information content (AvgIpc) is 3.49. The summed E-state index contributed by atoms with van der Waals surface area (Å²) >= 11 is 0. The van der Waals surface area contributed by atoms with E-state index in [1.807, 2.05) is 0 Å². The van der Waals surface area contributed by atoms with E-state index in [4.69, 9.17) is 14.2 Å². The molecule has 0 bridgehead atoms. The van der Waals surface area contributed by atoms with Crippen LogP contribution in [0.2, 0.25) is 0 Å². The third-order valence-electron chi connectivity index (χ3n) is 16.2. The first-order chi connectivity index (χ1) is 41.0. The maximum Gasteiger partial charge on any atom is 0.306 e. The molecule has 0 N–H and O–H groups in total. The van der Waals surface area contributed by atoms with Gasteiger partial charge in [-0.1, -0.05) is 344 Å². The molecule has 6 heteroatoms. The van der Waals surface area contributed by atoms with Gasteiger partial charge in [0, 0.05) is 19.3 Å². The van der Waals surface area contributed by atoms with Gasteiger partial charge in [0.05, 0.1) is 0 Å². The van der Waals surface area contributed by atoms with Gasteiger partial charge in [0.1, 0.15) is 13.2 Å². The monoisotopic (exact) mass is 1160 g/mol. The molecular formula is C77H138O6. The molecule has 0 heterocycles. The Morgan fingerprint density at radius 3 is 0.747 bits per heavy atom. The van der Waals surface area contributed by atoms with Crippen LogP contribution in [0.3, 0.4) is 0 Å². The van der Waals surface area contributed by atoms with Gasteiger partial charge in [-0.25, -0.2) is 0 Å². The molecule has 0 aliphatic rings. The van der Waals surface area contributed by atoms with Crippen LogP contribution >= 0.6 is 0 Å². The van der Waals surface area contributed by atoms with Crippen molar-refractivity contribution in [2.45, 2.75) is 386 Å². The lowest BCUT2D eigenvalue weighted by Gasteiger charge is -2.18. The van der Waals surface area contributed by atoms with Crippen LogP contribution in [0.1, 0.15) is 380 Å². The predicted molar refractivity (Wildman–Crippen MR) is 362 cm³/mol. The number of allylic oxidation sites excluding steroid dienone is 12. The number of unbranched alkanes of at least 4 members (excludes halogenated alkanes) is 44. The number of esters is 3. The normalized spacial score (nSPS) is 12.5. The van der Waals surface area contributed by atoms with Gasteiger partial charge in [-0.2, -0.15) is 0 Å². The third kappa shape index (κ3) is 69.5. The Hall–Kier alpha value is -3.15. The van der Waals surface area contributed by atoms with Gasteiger partial charge in [-0.05, 0) is 89.9 Å². The summed E-state index contributed by atoms with van der Waals surface area (Å²) in [5.74, 6) is -0.848. The van der Waals surface area contributed by atoms with Crippen LogP contribution in [0.5, 0.6) is 0 Å². The molecule has 0 aromatic heterocycles. The van der Waals surface area contributed by atoms with Crippen molar-refractivity contribution < 1.29 is 28.6 Å². The van der Waals surface area contributed by atoms with Crippen molar-refractivity contribution in [3.63, 3.8) is 0 Å². The van der Waals surface area contributed by atoms with Crippen molar-refractivity contribution >= 4 is 17.9 Å². The van der Waals surface area contributed by atoms with Crippen molar-refractivity contribution in [3.05, 3.63) is 72.9 Å². The summed E-state index contributed by atoms with van der Waals surface area (Å²) in [5, 5.41) is 0. The Morgan fingerprint density at radius 2 is 0.470 bits per heavy atom. The molecule has 1 atom stereocenters. The Kier molecular flexibility index (Phi) is 68.6. The number of rotatable bonds is 67. The molecule has 0 aromatic carbocycles. The fourth-order valence-electron chi connectivity index (χ4n) is 10.8. The van der Waals surface area contributed by atoms with Gasteiger partial charge in [-0.15, -0.1) is 0 Å². The second kappa shape index (κ2) is 71.3. The molecule has 0 amide bonds. The van der Waals surface area contributed by atoms with E-state index < -0.39 is 6.10 Å². The largest absolute Gasteiger partial charge is 0.462 e. The van der Waals surface area contributed by atoms with Crippen LogP contribution in [0.4, 0.5) is 0 Å². The summed E-state index contributed by atoms with van der Waals surface area (Å²) in [4.78, 5) is 38.5. The summed E-state index contributed by atoms with van der Waals surface area (Å²) in [5.41, 5.74) is 0. The van der Waals surface area contributed by atoms with Crippen LogP contribution < -0.4 is 0 Å². The van der Waals surface area contributed by atoms with E-state index in [1.54, 1.807) is 0 Å². The van der Waals surface area contributed by atoms with Gasteiger partial charge < -0.3 is 14.2 Å². The zero-order chi connectivity index (χ0) is 59.9. The quantitative estimate of drug-likeness (QED) is 0.0261. The van der Waals surface area contributed by atoms with E-state index >= 15 is 0 Å². The summed E-state index contributed by atoms with van der Waals surface area (Å²) in [7, 11) is 0. The first kappa shape index (κ1) is 79.8. The summed E-state index contributed by atoms with van der Waals surface area (Å²) in [6.45, 7) is 6.59. The lowest BCUT2D eigenvalue weighted by molar-refractivity contribution is -0.167. The maximum absolute atomic E-state index is 13.0. The predicted octanol–water partition coefficient (Wildman–Crippen LogP) is 25.2.